The molecular formula is C18H14N2O3. The fraction of sp³-hybridized carbons (Fsp3) is 0.111. The Morgan fingerprint density at radius 2 is 1.87 bits per heavy atom. The zero-order valence-corrected chi connectivity index (χ0v) is 12.3. The predicted molar refractivity (Wildman–Crippen MR) is 88.2 cm³/mol. The van der Waals surface area contributed by atoms with Crippen molar-refractivity contribution in [3.63, 3.8) is 0 Å². The van der Waals surface area contributed by atoms with Crippen molar-refractivity contribution in [3.05, 3.63) is 70.6 Å². The standard InChI is InChI=1S/C18H14N2O3/c21-17-13-6-2-1-5-12(13)11-14(19-17)18(22)20-9-10-23-16-8-4-3-7-15(16)20/h1-8,11H,9-10H2,(H,19,21). The van der Waals surface area contributed by atoms with Gasteiger partial charge in [-0.1, -0.05) is 30.3 Å². The molecule has 0 aliphatic carbocycles. The number of aromatic amines is 1. The molecule has 0 radical (unpaired) electrons. The molecule has 4 rings (SSSR count). The number of fused-ring (bicyclic) bond motifs is 2. The topological polar surface area (TPSA) is 62.4 Å². The molecule has 2 aromatic carbocycles. The van der Waals surface area contributed by atoms with Crippen LogP contribution in [0.5, 0.6) is 5.75 Å². The first-order valence-electron chi connectivity index (χ1n) is 7.40. The van der Waals surface area contributed by atoms with Gasteiger partial charge in [-0.05, 0) is 29.7 Å². The van der Waals surface area contributed by atoms with Gasteiger partial charge >= 0.3 is 0 Å². The van der Waals surface area contributed by atoms with Crippen LogP contribution in [0, 0.1) is 0 Å². The van der Waals surface area contributed by atoms with Crippen molar-refractivity contribution in [1.29, 1.82) is 0 Å². The van der Waals surface area contributed by atoms with Gasteiger partial charge in [-0.3, -0.25) is 9.59 Å². The van der Waals surface area contributed by atoms with Crippen LogP contribution in [0.2, 0.25) is 0 Å². The molecular weight excluding hydrogens is 292 g/mol. The van der Waals surface area contributed by atoms with E-state index in [1.54, 1.807) is 23.1 Å². The van der Waals surface area contributed by atoms with E-state index >= 15 is 0 Å². The van der Waals surface area contributed by atoms with Gasteiger partial charge in [0.15, 0.2) is 0 Å². The Kier molecular flexibility index (Phi) is 3.12. The van der Waals surface area contributed by atoms with E-state index in [0.29, 0.717) is 24.3 Å². The Labute approximate surface area is 132 Å². The molecule has 23 heavy (non-hydrogen) atoms. The highest BCUT2D eigenvalue weighted by molar-refractivity contribution is 6.07. The molecule has 1 N–H and O–H groups in total. The zero-order valence-electron chi connectivity index (χ0n) is 12.3. The Bertz CT molecular complexity index is 962. The number of aromatic nitrogens is 1. The van der Waals surface area contributed by atoms with Gasteiger partial charge in [-0.15, -0.1) is 0 Å². The molecule has 0 spiro atoms. The highest BCUT2D eigenvalue weighted by Crippen LogP contribution is 2.31. The first-order chi connectivity index (χ1) is 11.2. The summed E-state index contributed by atoms with van der Waals surface area (Å²) in [7, 11) is 0. The second-order valence-corrected chi connectivity index (χ2v) is 5.37. The van der Waals surface area contributed by atoms with Gasteiger partial charge in [0, 0.05) is 5.39 Å². The average molecular weight is 306 g/mol. The summed E-state index contributed by atoms with van der Waals surface area (Å²) < 4.78 is 5.57. The summed E-state index contributed by atoms with van der Waals surface area (Å²) in [6.45, 7) is 0.880. The number of amides is 1. The number of pyridine rings is 1. The van der Waals surface area contributed by atoms with Crippen LogP contribution in [-0.4, -0.2) is 24.0 Å². The molecule has 0 fully saturated rings. The molecule has 0 saturated carbocycles. The number of benzene rings is 2. The summed E-state index contributed by atoms with van der Waals surface area (Å²) in [5, 5.41) is 1.33. The maximum absolute atomic E-state index is 12.9. The lowest BCUT2D eigenvalue weighted by molar-refractivity contribution is 0.0972. The zero-order chi connectivity index (χ0) is 15.8. The van der Waals surface area contributed by atoms with Crippen LogP contribution < -0.4 is 15.2 Å². The highest BCUT2D eigenvalue weighted by atomic mass is 16.5. The third-order valence-electron chi connectivity index (χ3n) is 3.96. The molecule has 0 bridgehead atoms. The summed E-state index contributed by atoms with van der Waals surface area (Å²) in [6, 6.07) is 16.3. The molecule has 1 amide bonds. The van der Waals surface area contributed by atoms with E-state index in [1.807, 2.05) is 36.4 Å². The number of nitrogens with zero attached hydrogens (tertiary/aromatic N) is 1. The van der Waals surface area contributed by atoms with Crippen molar-refractivity contribution in [1.82, 2.24) is 4.98 Å². The average Bonchev–Trinajstić information content (AvgIpc) is 2.60. The van der Waals surface area contributed by atoms with Crippen LogP contribution in [0.15, 0.2) is 59.4 Å². The smallest absolute Gasteiger partial charge is 0.275 e. The number of rotatable bonds is 1. The van der Waals surface area contributed by atoms with Crippen molar-refractivity contribution in [2.45, 2.75) is 0 Å². The Morgan fingerprint density at radius 3 is 2.78 bits per heavy atom. The van der Waals surface area contributed by atoms with Crippen LogP contribution in [-0.2, 0) is 0 Å². The summed E-state index contributed by atoms with van der Waals surface area (Å²) in [5.41, 5.74) is 0.746. The SMILES string of the molecule is O=C(c1cc2ccccc2c(=O)[nH]1)N1CCOc2ccccc21. The number of nitrogens with one attached hydrogen (secondary N) is 1. The van der Waals surface area contributed by atoms with Crippen molar-refractivity contribution >= 4 is 22.4 Å². The molecule has 5 heteroatoms. The molecule has 114 valence electrons. The van der Waals surface area contributed by atoms with Crippen molar-refractivity contribution in [2.75, 3.05) is 18.1 Å². The third-order valence-corrected chi connectivity index (χ3v) is 3.96. The second kappa shape index (κ2) is 5.28. The largest absolute Gasteiger partial charge is 0.490 e. The Balaban J connectivity index is 1.80. The fourth-order valence-electron chi connectivity index (χ4n) is 2.85. The normalized spacial score (nSPS) is 13.5. The summed E-state index contributed by atoms with van der Waals surface area (Å²) in [4.78, 5) is 29.4. The van der Waals surface area contributed by atoms with E-state index in [-0.39, 0.29) is 17.2 Å². The van der Waals surface area contributed by atoms with Crippen LogP contribution in [0.1, 0.15) is 10.5 Å². The molecule has 1 aromatic heterocycles. The van der Waals surface area contributed by atoms with Gasteiger partial charge < -0.3 is 14.6 Å². The van der Waals surface area contributed by atoms with Gasteiger partial charge in [0.2, 0.25) is 0 Å². The monoisotopic (exact) mass is 306 g/mol. The number of anilines is 1. The predicted octanol–water partition coefficient (Wildman–Crippen LogP) is 2.57. The maximum Gasteiger partial charge on any atom is 0.275 e. The van der Waals surface area contributed by atoms with Gasteiger partial charge in [0.1, 0.15) is 18.1 Å². The van der Waals surface area contributed by atoms with Gasteiger partial charge in [-0.2, -0.15) is 0 Å². The van der Waals surface area contributed by atoms with Crippen LogP contribution >= 0.6 is 0 Å². The third kappa shape index (κ3) is 2.26. The molecule has 3 aromatic rings. The maximum atomic E-state index is 12.9. The number of hydrogen-bond donors (Lipinski definition) is 1. The number of para-hydroxylation sites is 2. The first-order valence-corrected chi connectivity index (χ1v) is 7.40. The molecule has 2 heterocycles. The van der Waals surface area contributed by atoms with E-state index in [2.05, 4.69) is 4.98 Å². The lowest BCUT2D eigenvalue weighted by Crippen LogP contribution is -2.38. The number of hydrogen-bond acceptors (Lipinski definition) is 3. The number of carbonyl (C=O) groups excluding carboxylic acids is 1. The Morgan fingerprint density at radius 1 is 1.09 bits per heavy atom. The summed E-state index contributed by atoms with van der Waals surface area (Å²) >= 11 is 0. The molecule has 5 nitrogen and oxygen atoms in total. The van der Waals surface area contributed by atoms with Crippen molar-refractivity contribution < 1.29 is 9.53 Å². The molecule has 1 aliphatic rings. The summed E-state index contributed by atoms with van der Waals surface area (Å²) in [6.07, 6.45) is 0. The molecule has 0 atom stereocenters. The molecule has 0 saturated heterocycles. The minimum Gasteiger partial charge on any atom is -0.490 e. The van der Waals surface area contributed by atoms with Crippen LogP contribution in [0.3, 0.4) is 0 Å². The Hall–Kier alpha value is -3.08. The van der Waals surface area contributed by atoms with Crippen LogP contribution in [0.25, 0.3) is 10.8 Å². The number of H-pyrrole nitrogens is 1. The quantitative estimate of drug-likeness (QED) is 0.751. The van der Waals surface area contributed by atoms with E-state index in [0.717, 1.165) is 11.1 Å². The number of carbonyl (C=O) groups is 1. The minimum absolute atomic E-state index is 0.233. The first kappa shape index (κ1) is 13.6. The number of ether oxygens (including phenoxy) is 1. The van der Waals surface area contributed by atoms with E-state index in [4.69, 9.17) is 4.74 Å². The molecule has 1 aliphatic heterocycles. The van der Waals surface area contributed by atoms with E-state index in [9.17, 15) is 9.59 Å². The summed E-state index contributed by atoms with van der Waals surface area (Å²) in [5.74, 6) is 0.443. The van der Waals surface area contributed by atoms with Crippen LogP contribution in [0.4, 0.5) is 5.69 Å². The van der Waals surface area contributed by atoms with Crippen molar-refractivity contribution in [2.24, 2.45) is 0 Å². The van der Waals surface area contributed by atoms with E-state index in [1.165, 1.54) is 0 Å². The van der Waals surface area contributed by atoms with E-state index < -0.39 is 0 Å². The van der Waals surface area contributed by atoms with Gasteiger partial charge in [0.25, 0.3) is 11.5 Å². The second-order valence-electron chi connectivity index (χ2n) is 5.37. The fourth-order valence-corrected chi connectivity index (χ4v) is 2.85. The van der Waals surface area contributed by atoms with Crippen molar-refractivity contribution in [3.8, 4) is 5.75 Å². The lowest BCUT2D eigenvalue weighted by Gasteiger charge is -2.29. The van der Waals surface area contributed by atoms with Gasteiger partial charge in [-0.25, -0.2) is 0 Å². The minimum atomic E-state index is -0.256. The molecule has 0 unspecified atom stereocenters. The highest BCUT2D eigenvalue weighted by Gasteiger charge is 2.25. The lowest BCUT2D eigenvalue weighted by atomic mass is 10.1. The van der Waals surface area contributed by atoms with Gasteiger partial charge in [0.05, 0.1) is 12.2 Å².